The largest absolute Gasteiger partial charge is 0.394 e. The predicted octanol–water partition coefficient (Wildman–Crippen LogP) is 0.281. The van der Waals surface area contributed by atoms with E-state index in [0.29, 0.717) is 11.3 Å². The van der Waals surface area contributed by atoms with E-state index in [2.05, 4.69) is 15.5 Å². The van der Waals surface area contributed by atoms with Crippen LogP contribution in [0, 0.1) is 13.8 Å². The number of H-pyrrole nitrogens is 1. The number of rotatable bonds is 3. The van der Waals surface area contributed by atoms with Crippen molar-refractivity contribution in [1.29, 1.82) is 0 Å². The highest BCUT2D eigenvalue weighted by Gasteiger charge is 2.43. The average molecular weight is 209 g/mol. The van der Waals surface area contributed by atoms with Crippen LogP contribution in [0.25, 0.3) is 0 Å². The molecule has 1 fully saturated rings. The van der Waals surface area contributed by atoms with Crippen LogP contribution in [0.2, 0.25) is 0 Å². The second-order valence-electron chi connectivity index (χ2n) is 4.20. The Morgan fingerprint density at radius 2 is 2.27 bits per heavy atom. The van der Waals surface area contributed by atoms with Crippen molar-refractivity contribution in [3.8, 4) is 0 Å². The smallest absolute Gasteiger partial charge is 0.255 e. The molecule has 0 atom stereocenters. The fourth-order valence-electron chi connectivity index (χ4n) is 1.66. The summed E-state index contributed by atoms with van der Waals surface area (Å²) in [6.45, 7) is 3.61. The number of carbonyl (C=O) groups is 1. The lowest BCUT2D eigenvalue weighted by atomic mass is 10.1. The fraction of sp³-hybridized carbons (Fsp3) is 0.600. The minimum absolute atomic E-state index is 0.00862. The number of nitrogens with zero attached hydrogens (tertiary/aromatic N) is 1. The minimum Gasteiger partial charge on any atom is -0.394 e. The van der Waals surface area contributed by atoms with Crippen molar-refractivity contribution < 1.29 is 9.90 Å². The van der Waals surface area contributed by atoms with Crippen LogP contribution in [0.3, 0.4) is 0 Å². The summed E-state index contributed by atoms with van der Waals surface area (Å²) in [5.74, 6) is -0.148. The summed E-state index contributed by atoms with van der Waals surface area (Å²) in [4.78, 5) is 11.9. The first-order chi connectivity index (χ1) is 7.08. The number of hydrogen-bond donors (Lipinski definition) is 3. The Morgan fingerprint density at radius 3 is 2.67 bits per heavy atom. The molecule has 0 bridgehead atoms. The van der Waals surface area contributed by atoms with Crippen molar-refractivity contribution in [3.63, 3.8) is 0 Å². The molecule has 0 saturated heterocycles. The Kier molecular flexibility index (Phi) is 2.26. The summed E-state index contributed by atoms with van der Waals surface area (Å²) in [5.41, 5.74) is 1.68. The lowest BCUT2D eigenvalue weighted by Crippen LogP contribution is -2.39. The van der Waals surface area contributed by atoms with Crippen LogP contribution in [0.15, 0.2) is 0 Å². The molecule has 5 nitrogen and oxygen atoms in total. The van der Waals surface area contributed by atoms with E-state index in [-0.39, 0.29) is 18.1 Å². The number of aromatic nitrogens is 2. The van der Waals surface area contributed by atoms with Crippen LogP contribution in [0.5, 0.6) is 0 Å². The molecule has 1 aliphatic carbocycles. The predicted molar refractivity (Wildman–Crippen MR) is 54.6 cm³/mol. The van der Waals surface area contributed by atoms with E-state index in [4.69, 9.17) is 5.11 Å². The van der Waals surface area contributed by atoms with Gasteiger partial charge in [-0.2, -0.15) is 5.10 Å². The highest BCUT2D eigenvalue weighted by molar-refractivity contribution is 5.97. The Balaban J connectivity index is 2.15. The van der Waals surface area contributed by atoms with E-state index in [1.165, 1.54) is 0 Å². The standard InChI is InChI=1S/C10H15N3O2/c1-6-8(7(2)13-12-6)9(15)11-10(5-14)3-4-10/h14H,3-5H2,1-2H3,(H,11,15)(H,12,13). The maximum absolute atomic E-state index is 11.9. The van der Waals surface area contributed by atoms with Crippen LogP contribution in [-0.4, -0.2) is 33.4 Å². The Hall–Kier alpha value is -1.36. The Bertz CT molecular complexity index is 374. The van der Waals surface area contributed by atoms with Gasteiger partial charge in [-0.3, -0.25) is 9.89 Å². The van der Waals surface area contributed by atoms with Crippen molar-refractivity contribution in [1.82, 2.24) is 15.5 Å². The lowest BCUT2D eigenvalue weighted by Gasteiger charge is -2.14. The molecular formula is C10H15N3O2. The van der Waals surface area contributed by atoms with E-state index < -0.39 is 0 Å². The number of carbonyl (C=O) groups excluding carboxylic acids is 1. The van der Waals surface area contributed by atoms with Gasteiger partial charge in [-0.05, 0) is 26.7 Å². The number of aliphatic hydroxyl groups excluding tert-OH is 1. The minimum atomic E-state index is -0.368. The topological polar surface area (TPSA) is 78.0 Å². The number of hydrogen-bond acceptors (Lipinski definition) is 3. The molecule has 0 radical (unpaired) electrons. The molecule has 0 aliphatic heterocycles. The number of nitrogens with one attached hydrogen (secondary N) is 2. The van der Waals surface area contributed by atoms with E-state index in [1.807, 2.05) is 6.92 Å². The third-order valence-electron chi connectivity index (χ3n) is 2.89. The van der Waals surface area contributed by atoms with Gasteiger partial charge in [0.15, 0.2) is 0 Å². The molecule has 1 saturated carbocycles. The zero-order valence-electron chi connectivity index (χ0n) is 8.92. The van der Waals surface area contributed by atoms with Crippen molar-refractivity contribution in [2.45, 2.75) is 32.2 Å². The summed E-state index contributed by atoms with van der Waals surface area (Å²) in [6.07, 6.45) is 1.70. The molecule has 0 aromatic carbocycles. The zero-order valence-corrected chi connectivity index (χ0v) is 8.92. The molecule has 1 aromatic rings. The third-order valence-corrected chi connectivity index (χ3v) is 2.89. The van der Waals surface area contributed by atoms with Crippen molar-refractivity contribution >= 4 is 5.91 Å². The molecular weight excluding hydrogens is 194 g/mol. The molecule has 5 heteroatoms. The summed E-state index contributed by atoms with van der Waals surface area (Å²) in [5, 5.41) is 18.7. The lowest BCUT2D eigenvalue weighted by molar-refractivity contribution is 0.0905. The van der Waals surface area contributed by atoms with E-state index in [9.17, 15) is 4.79 Å². The number of amides is 1. The average Bonchev–Trinajstić information content (AvgIpc) is 2.88. The van der Waals surface area contributed by atoms with Crippen molar-refractivity contribution in [2.75, 3.05) is 6.61 Å². The summed E-state index contributed by atoms with van der Waals surface area (Å²) < 4.78 is 0. The maximum Gasteiger partial charge on any atom is 0.255 e. The molecule has 2 rings (SSSR count). The summed E-state index contributed by atoms with van der Waals surface area (Å²) >= 11 is 0. The molecule has 15 heavy (non-hydrogen) atoms. The second kappa shape index (κ2) is 3.34. The van der Waals surface area contributed by atoms with Gasteiger partial charge < -0.3 is 10.4 Å². The first-order valence-electron chi connectivity index (χ1n) is 5.03. The summed E-state index contributed by atoms with van der Waals surface area (Å²) in [6, 6.07) is 0. The normalized spacial score (nSPS) is 17.5. The van der Waals surface area contributed by atoms with E-state index >= 15 is 0 Å². The van der Waals surface area contributed by atoms with Gasteiger partial charge in [0.05, 0.1) is 23.4 Å². The molecule has 1 heterocycles. The highest BCUT2D eigenvalue weighted by atomic mass is 16.3. The summed E-state index contributed by atoms with van der Waals surface area (Å²) in [7, 11) is 0. The van der Waals surface area contributed by atoms with Gasteiger partial charge in [-0.15, -0.1) is 0 Å². The van der Waals surface area contributed by atoms with Crippen LogP contribution in [0.1, 0.15) is 34.6 Å². The molecule has 1 amide bonds. The Morgan fingerprint density at radius 1 is 1.60 bits per heavy atom. The molecule has 0 unspecified atom stereocenters. The SMILES string of the molecule is Cc1n[nH]c(C)c1C(=O)NC1(CO)CC1. The number of aryl methyl sites for hydroxylation is 2. The van der Waals surface area contributed by atoms with Crippen LogP contribution in [-0.2, 0) is 0 Å². The van der Waals surface area contributed by atoms with Crippen molar-refractivity contribution in [3.05, 3.63) is 17.0 Å². The van der Waals surface area contributed by atoms with Crippen LogP contribution < -0.4 is 5.32 Å². The van der Waals surface area contributed by atoms with Gasteiger partial charge in [0.2, 0.25) is 0 Å². The molecule has 0 spiro atoms. The number of aliphatic hydroxyl groups is 1. The quantitative estimate of drug-likeness (QED) is 0.669. The monoisotopic (exact) mass is 209 g/mol. The van der Waals surface area contributed by atoms with Gasteiger partial charge in [0.1, 0.15) is 0 Å². The van der Waals surface area contributed by atoms with Gasteiger partial charge >= 0.3 is 0 Å². The van der Waals surface area contributed by atoms with Gasteiger partial charge in [0, 0.05) is 5.69 Å². The first kappa shape index (κ1) is 10.2. The second-order valence-corrected chi connectivity index (χ2v) is 4.20. The van der Waals surface area contributed by atoms with Gasteiger partial charge in [-0.1, -0.05) is 0 Å². The van der Waals surface area contributed by atoms with Crippen LogP contribution >= 0.6 is 0 Å². The molecule has 1 aromatic heterocycles. The van der Waals surface area contributed by atoms with Crippen molar-refractivity contribution in [2.24, 2.45) is 0 Å². The van der Waals surface area contributed by atoms with E-state index in [0.717, 1.165) is 18.5 Å². The van der Waals surface area contributed by atoms with Crippen LogP contribution in [0.4, 0.5) is 0 Å². The zero-order chi connectivity index (χ0) is 11.1. The van der Waals surface area contributed by atoms with Gasteiger partial charge in [0.25, 0.3) is 5.91 Å². The Labute approximate surface area is 87.9 Å². The maximum atomic E-state index is 11.9. The number of aromatic amines is 1. The molecule has 3 N–H and O–H groups in total. The molecule has 82 valence electrons. The van der Waals surface area contributed by atoms with E-state index in [1.54, 1.807) is 6.92 Å². The first-order valence-corrected chi connectivity index (χ1v) is 5.03. The van der Waals surface area contributed by atoms with Gasteiger partial charge in [-0.25, -0.2) is 0 Å². The fourth-order valence-corrected chi connectivity index (χ4v) is 1.66. The molecule has 1 aliphatic rings. The third kappa shape index (κ3) is 1.74. The highest BCUT2D eigenvalue weighted by Crippen LogP contribution is 2.35.